The molecule has 0 aliphatic heterocycles. The zero-order chi connectivity index (χ0) is 15.1. The Balaban J connectivity index is 4.36. The molecule has 112 valence electrons. The molecule has 4 heteroatoms. The summed E-state index contributed by atoms with van der Waals surface area (Å²) < 4.78 is 0. The summed E-state index contributed by atoms with van der Waals surface area (Å²) in [5.41, 5.74) is 5.11. The van der Waals surface area contributed by atoms with Crippen molar-refractivity contribution in [1.29, 1.82) is 0 Å². The van der Waals surface area contributed by atoms with Gasteiger partial charge < -0.3 is 11.1 Å². The SMILES string of the molecule is CCCCC(CC(=O)NC(C)(C)CC(C)C)C(N)=O. The van der Waals surface area contributed by atoms with Gasteiger partial charge >= 0.3 is 0 Å². The van der Waals surface area contributed by atoms with Crippen LogP contribution in [0.5, 0.6) is 0 Å². The molecule has 0 spiro atoms. The molecule has 0 rings (SSSR count). The number of hydrogen-bond acceptors (Lipinski definition) is 2. The van der Waals surface area contributed by atoms with Crippen LogP contribution >= 0.6 is 0 Å². The lowest BCUT2D eigenvalue weighted by Crippen LogP contribution is -2.45. The molecule has 2 amide bonds. The highest BCUT2D eigenvalue weighted by atomic mass is 16.2. The number of carbonyl (C=O) groups excluding carboxylic acids is 2. The first-order chi connectivity index (χ1) is 8.68. The normalized spacial score (nSPS) is 13.4. The Morgan fingerprint density at radius 2 is 1.84 bits per heavy atom. The Morgan fingerprint density at radius 3 is 2.26 bits per heavy atom. The number of amides is 2. The van der Waals surface area contributed by atoms with Gasteiger partial charge in [0.25, 0.3) is 0 Å². The molecule has 0 bridgehead atoms. The second-order valence-corrected chi connectivity index (χ2v) is 6.48. The van der Waals surface area contributed by atoms with Crippen LogP contribution in [0.2, 0.25) is 0 Å². The maximum absolute atomic E-state index is 12.0. The van der Waals surface area contributed by atoms with Crippen LogP contribution in [0.15, 0.2) is 0 Å². The Morgan fingerprint density at radius 1 is 1.26 bits per heavy atom. The van der Waals surface area contributed by atoms with Gasteiger partial charge in [0.15, 0.2) is 0 Å². The maximum atomic E-state index is 12.0. The van der Waals surface area contributed by atoms with Crippen LogP contribution < -0.4 is 11.1 Å². The number of rotatable bonds is 9. The third-order valence-corrected chi connectivity index (χ3v) is 3.14. The summed E-state index contributed by atoms with van der Waals surface area (Å²) in [6, 6.07) is 0. The fourth-order valence-corrected chi connectivity index (χ4v) is 2.52. The van der Waals surface area contributed by atoms with E-state index in [2.05, 4.69) is 26.1 Å². The maximum Gasteiger partial charge on any atom is 0.221 e. The molecular formula is C15H30N2O2. The molecule has 0 aromatic carbocycles. The second-order valence-electron chi connectivity index (χ2n) is 6.48. The minimum Gasteiger partial charge on any atom is -0.369 e. The van der Waals surface area contributed by atoms with E-state index in [1.807, 2.05) is 13.8 Å². The van der Waals surface area contributed by atoms with Crippen LogP contribution in [0.4, 0.5) is 0 Å². The number of carbonyl (C=O) groups is 2. The molecule has 3 N–H and O–H groups in total. The lowest BCUT2D eigenvalue weighted by molar-refractivity contribution is -0.129. The number of unbranched alkanes of at least 4 members (excludes halogenated alkanes) is 1. The first-order valence-electron chi connectivity index (χ1n) is 7.28. The van der Waals surface area contributed by atoms with Gasteiger partial charge in [0.05, 0.1) is 0 Å². The Hall–Kier alpha value is -1.06. The molecule has 0 aliphatic carbocycles. The van der Waals surface area contributed by atoms with Gasteiger partial charge in [0.2, 0.25) is 11.8 Å². The van der Waals surface area contributed by atoms with Crippen LogP contribution in [-0.4, -0.2) is 17.4 Å². The zero-order valence-electron chi connectivity index (χ0n) is 13.1. The van der Waals surface area contributed by atoms with Gasteiger partial charge in [-0.05, 0) is 32.6 Å². The highest BCUT2D eigenvalue weighted by molar-refractivity contribution is 5.85. The molecule has 0 fully saturated rings. The Labute approximate surface area is 117 Å². The van der Waals surface area contributed by atoms with Gasteiger partial charge in [0.1, 0.15) is 0 Å². The largest absolute Gasteiger partial charge is 0.369 e. The predicted octanol–water partition coefficient (Wildman–Crippen LogP) is 2.61. The smallest absolute Gasteiger partial charge is 0.221 e. The Kier molecular flexibility index (Phi) is 7.72. The van der Waals surface area contributed by atoms with Gasteiger partial charge in [-0.1, -0.05) is 33.6 Å². The summed E-state index contributed by atoms with van der Waals surface area (Å²) in [4.78, 5) is 23.3. The van der Waals surface area contributed by atoms with E-state index in [4.69, 9.17) is 5.73 Å². The van der Waals surface area contributed by atoms with Gasteiger partial charge in [-0.3, -0.25) is 9.59 Å². The molecule has 4 nitrogen and oxygen atoms in total. The molecule has 0 radical (unpaired) electrons. The van der Waals surface area contributed by atoms with Crippen molar-refractivity contribution in [3.05, 3.63) is 0 Å². The van der Waals surface area contributed by atoms with E-state index in [-0.39, 0.29) is 29.7 Å². The molecule has 0 aromatic rings. The molecule has 19 heavy (non-hydrogen) atoms. The topological polar surface area (TPSA) is 72.2 Å². The highest BCUT2D eigenvalue weighted by Gasteiger charge is 2.25. The van der Waals surface area contributed by atoms with Crippen LogP contribution in [0, 0.1) is 11.8 Å². The van der Waals surface area contributed by atoms with Crippen LogP contribution in [0.3, 0.4) is 0 Å². The van der Waals surface area contributed by atoms with Gasteiger partial charge in [0, 0.05) is 17.9 Å². The quantitative estimate of drug-likeness (QED) is 0.676. The molecule has 0 aliphatic rings. The van der Waals surface area contributed by atoms with E-state index in [0.29, 0.717) is 12.3 Å². The van der Waals surface area contributed by atoms with Crippen molar-refractivity contribution in [3.63, 3.8) is 0 Å². The number of primary amides is 1. The lowest BCUT2D eigenvalue weighted by Gasteiger charge is -2.29. The van der Waals surface area contributed by atoms with E-state index in [1.165, 1.54) is 0 Å². The number of nitrogens with two attached hydrogens (primary N) is 1. The van der Waals surface area contributed by atoms with Gasteiger partial charge in [-0.25, -0.2) is 0 Å². The van der Waals surface area contributed by atoms with Crippen LogP contribution in [0.1, 0.15) is 66.7 Å². The minimum absolute atomic E-state index is 0.0782. The number of nitrogens with one attached hydrogen (secondary N) is 1. The van der Waals surface area contributed by atoms with E-state index in [1.54, 1.807) is 0 Å². The fourth-order valence-electron chi connectivity index (χ4n) is 2.52. The molecular weight excluding hydrogens is 240 g/mol. The van der Waals surface area contributed by atoms with Crippen LogP contribution in [0.25, 0.3) is 0 Å². The molecule has 1 unspecified atom stereocenters. The van der Waals surface area contributed by atoms with Crippen molar-refractivity contribution in [2.75, 3.05) is 0 Å². The van der Waals surface area contributed by atoms with E-state index >= 15 is 0 Å². The van der Waals surface area contributed by atoms with E-state index in [9.17, 15) is 9.59 Å². The van der Waals surface area contributed by atoms with Crippen molar-refractivity contribution in [2.24, 2.45) is 17.6 Å². The van der Waals surface area contributed by atoms with Crippen molar-refractivity contribution < 1.29 is 9.59 Å². The summed E-state index contributed by atoms with van der Waals surface area (Å²) in [6.07, 6.45) is 3.75. The second kappa shape index (κ2) is 8.18. The third-order valence-electron chi connectivity index (χ3n) is 3.14. The zero-order valence-corrected chi connectivity index (χ0v) is 13.1. The summed E-state index contributed by atoms with van der Waals surface area (Å²) in [5, 5.41) is 3.00. The molecule has 0 saturated heterocycles. The fraction of sp³-hybridized carbons (Fsp3) is 0.867. The van der Waals surface area contributed by atoms with E-state index < -0.39 is 0 Å². The van der Waals surface area contributed by atoms with Crippen molar-refractivity contribution in [1.82, 2.24) is 5.32 Å². The predicted molar refractivity (Wildman–Crippen MR) is 78.5 cm³/mol. The minimum atomic E-state index is -0.370. The molecule has 0 saturated carbocycles. The van der Waals surface area contributed by atoms with Crippen molar-refractivity contribution >= 4 is 11.8 Å². The monoisotopic (exact) mass is 270 g/mol. The molecule has 0 heterocycles. The highest BCUT2D eigenvalue weighted by Crippen LogP contribution is 2.17. The van der Waals surface area contributed by atoms with Crippen molar-refractivity contribution in [2.45, 2.75) is 72.3 Å². The van der Waals surface area contributed by atoms with Gasteiger partial charge in [-0.2, -0.15) is 0 Å². The average molecular weight is 270 g/mol. The van der Waals surface area contributed by atoms with Gasteiger partial charge in [-0.15, -0.1) is 0 Å². The standard InChI is InChI=1S/C15H30N2O2/c1-6-7-8-12(14(16)19)9-13(18)17-15(4,5)10-11(2)3/h11-12H,6-10H2,1-5H3,(H2,16,19)(H,17,18). The lowest BCUT2D eigenvalue weighted by atomic mass is 9.91. The van der Waals surface area contributed by atoms with Crippen LogP contribution in [-0.2, 0) is 9.59 Å². The summed E-state index contributed by atoms with van der Waals surface area (Å²) in [5.74, 6) is -0.270. The summed E-state index contributed by atoms with van der Waals surface area (Å²) in [7, 11) is 0. The average Bonchev–Trinajstić information content (AvgIpc) is 2.20. The summed E-state index contributed by atoms with van der Waals surface area (Å²) >= 11 is 0. The molecule has 1 atom stereocenters. The van der Waals surface area contributed by atoms with E-state index in [0.717, 1.165) is 19.3 Å². The first-order valence-corrected chi connectivity index (χ1v) is 7.28. The number of hydrogen-bond donors (Lipinski definition) is 2. The van der Waals surface area contributed by atoms with Crippen molar-refractivity contribution in [3.8, 4) is 0 Å². The third kappa shape index (κ3) is 8.62. The summed E-state index contributed by atoms with van der Waals surface area (Å²) in [6.45, 7) is 10.3. The molecule has 0 aromatic heterocycles. The Bertz CT molecular complexity index is 299. The first kappa shape index (κ1) is 17.9.